The summed E-state index contributed by atoms with van der Waals surface area (Å²) in [5, 5.41) is 12.8. The average Bonchev–Trinajstić information content (AvgIpc) is 3.14. The van der Waals surface area contributed by atoms with Crippen LogP contribution in [0, 0.1) is 5.82 Å². The molecule has 1 aromatic heterocycles. The number of benzene rings is 1. The number of aliphatic carboxylic acids is 1. The SMILES string of the molecule is CCN1C(c2nccs2)=NC(CBr)=C(C(=O)O)C1c1ccc(F)cc1Cl. The second-order valence-electron chi connectivity index (χ2n) is 5.43. The van der Waals surface area contributed by atoms with E-state index in [0.717, 1.165) is 0 Å². The highest BCUT2D eigenvalue weighted by atomic mass is 79.9. The molecule has 9 heteroatoms. The van der Waals surface area contributed by atoms with Crippen LogP contribution in [0.1, 0.15) is 23.5 Å². The topological polar surface area (TPSA) is 65.8 Å². The standard InChI is InChI=1S/C17H14BrClFN3O2S/c1-2-23-14(10-4-3-9(20)7-11(10)19)13(17(24)25)12(8-18)22-15(23)16-21-5-6-26-16/h3-7,14H,2,8H2,1H3,(H,24,25). The summed E-state index contributed by atoms with van der Waals surface area (Å²) in [6.07, 6.45) is 1.67. The van der Waals surface area contributed by atoms with Crippen molar-refractivity contribution in [2.75, 3.05) is 11.9 Å². The third kappa shape index (κ3) is 3.41. The Hall–Kier alpha value is -1.77. The van der Waals surface area contributed by atoms with E-state index in [2.05, 4.69) is 25.9 Å². The molecule has 1 atom stereocenters. The molecule has 1 unspecified atom stereocenters. The molecule has 0 fully saturated rings. The van der Waals surface area contributed by atoms with Crippen molar-refractivity contribution in [1.82, 2.24) is 9.88 Å². The van der Waals surface area contributed by atoms with Gasteiger partial charge >= 0.3 is 5.97 Å². The summed E-state index contributed by atoms with van der Waals surface area (Å²) in [6.45, 7) is 2.37. The maximum Gasteiger partial charge on any atom is 0.335 e. The van der Waals surface area contributed by atoms with Crippen molar-refractivity contribution in [1.29, 1.82) is 0 Å². The fourth-order valence-corrected chi connectivity index (χ4v) is 4.25. The first kappa shape index (κ1) is 19.0. The van der Waals surface area contributed by atoms with Crippen molar-refractivity contribution in [2.45, 2.75) is 13.0 Å². The Labute approximate surface area is 167 Å². The Morgan fingerprint density at radius 3 is 2.81 bits per heavy atom. The fourth-order valence-electron chi connectivity index (χ4n) is 2.91. The van der Waals surface area contributed by atoms with E-state index in [1.54, 1.807) is 6.20 Å². The third-order valence-corrected chi connectivity index (χ3v) is 5.61. The average molecular weight is 459 g/mol. The van der Waals surface area contributed by atoms with Gasteiger partial charge in [0.2, 0.25) is 0 Å². The lowest BCUT2D eigenvalue weighted by molar-refractivity contribution is -0.133. The summed E-state index contributed by atoms with van der Waals surface area (Å²) in [5.74, 6) is -0.995. The lowest BCUT2D eigenvalue weighted by Crippen LogP contribution is -2.41. The van der Waals surface area contributed by atoms with Crippen LogP contribution in [-0.2, 0) is 4.79 Å². The summed E-state index contributed by atoms with van der Waals surface area (Å²) in [5.41, 5.74) is 1.00. The molecule has 1 N–H and O–H groups in total. The predicted octanol–water partition coefficient (Wildman–Crippen LogP) is 4.49. The molecule has 1 aliphatic rings. The summed E-state index contributed by atoms with van der Waals surface area (Å²) in [6, 6.07) is 3.28. The van der Waals surface area contributed by atoms with Crippen LogP contribution in [0.4, 0.5) is 4.39 Å². The number of nitrogens with zero attached hydrogens (tertiary/aromatic N) is 3. The van der Waals surface area contributed by atoms with Crippen LogP contribution >= 0.6 is 38.9 Å². The molecule has 0 saturated carbocycles. The highest BCUT2D eigenvalue weighted by Gasteiger charge is 2.38. The van der Waals surface area contributed by atoms with Crippen molar-refractivity contribution in [3.05, 3.63) is 62.5 Å². The number of hydrogen-bond acceptors (Lipinski definition) is 5. The molecule has 2 aromatic rings. The number of thiazole rings is 1. The number of amidine groups is 1. The number of likely N-dealkylation sites (N-methyl/N-ethyl adjacent to an activating group) is 1. The van der Waals surface area contributed by atoms with Crippen molar-refractivity contribution in [2.24, 2.45) is 4.99 Å². The molecule has 136 valence electrons. The zero-order valence-corrected chi connectivity index (χ0v) is 16.8. The minimum absolute atomic E-state index is 0.109. The Morgan fingerprint density at radius 2 is 2.27 bits per heavy atom. The van der Waals surface area contributed by atoms with E-state index in [1.165, 1.54) is 29.5 Å². The van der Waals surface area contributed by atoms with E-state index in [0.29, 0.717) is 28.6 Å². The van der Waals surface area contributed by atoms with Gasteiger partial charge in [0.1, 0.15) is 5.82 Å². The molecule has 1 aliphatic heterocycles. The van der Waals surface area contributed by atoms with Crippen molar-refractivity contribution >= 4 is 50.7 Å². The molecule has 0 saturated heterocycles. The zero-order valence-electron chi connectivity index (χ0n) is 13.6. The molecule has 1 aromatic carbocycles. The number of aromatic nitrogens is 1. The summed E-state index contributed by atoms with van der Waals surface area (Å²) < 4.78 is 13.5. The molecule has 0 radical (unpaired) electrons. The third-order valence-electron chi connectivity index (χ3n) is 3.99. The van der Waals surface area contributed by atoms with Crippen LogP contribution in [0.5, 0.6) is 0 Å². The minimum Gasteiger partial charge on any atom is -0.478 e. The van der Waals surface area contributed by atoms with Crippen molar-refractivity contribution in [3.8, 4) is 0 Å². The second-order valence-corrected chi connectivity index (χ2v) is 7.29. The minimum atomic E-state index is -1.09. The number of allylic oxidation sites excluding steroid dienone is 1. The van der Waals surface area contributed by atoms with E-state index in [-0.39, 0.29) is 15.9 Å². The number of carboxylic acids is 1. The van der Waals surface area contributed by atoms with Crippen LogP contribution in [0.15, 0.2) is 46.0 Å². The fraction of sp³-hybridized carbons (Fsp3) is 0.235. The number of carboxylic acid groups (broad SMARTS) is 1. The van der Waals surface area contributed by atoms with Gasteiger partial charge in [0.25, 0.3) is 0 Å². The molecule has 0 bridgehead atoms. The molecule has 2 heterocycles. The maximum absolute atomic E-state index is 13.5. The molecule has 0 amide bonds. The van der Waals surface area contributed by atoms with Gasteiger partial charge in [0, 0.05) is 28.5 Å². The van der Waals surface area contributed by atoms with Crippen LogP contribution in [0.3, 0.4) is 0 Å². The van der Waals surface area contributed by atoms with E-state index < -0.39 is 17.8 Å². The van der Waals surface area contributed by atoms with Gasteiger partial charge in [0.05, 0.1) is 17.3 Å². The molecule has 26 heavy (non-hydrogen) atoms. The van der Waals surface area contributed by atoms with Gasteiger partial charge in [-0.15, -0.1) is 11.3 Å². The van der Waals surface area contributed by atoms with Gasteiger partial charge in [0.15, 0.2) is 10.8 Å². The normalized spacial score (nSPS) is 17.5. The van der Waals surface area contributed by atoms with Gasteiger partial charge in [-0.05, 0) is 24.6 Å². The van der Waals surface area contributed by atoms with Gasteiger partial charge < -0.3 is 10.0 Å². The second kappa shape index (κ2) is 7.85. The Kier molecular flexibility index (Phi) is 5.74. The molecule has 5 nitrogen and oxygen atoms in total. The first-order valence-corrected chi connectivity index (χ1v) is 10.1. The van der Waals surface area contributed by atoms with E-state index >= 15 is 0 Å². The van der Waals surface area contributed by atoms with Crippen LogP contribution in [-0.4, -0.2) is 38.7 Å². The highest BCUT2D eigenvalue weighted by Crippen LogP contribution is 2.40. The lowest BCUT2D eigenvalue weighted by Gasteiger charge is -2.37. The number of aliphatic imine (C=N–C) groups is 1. The van der Waals surface area contributed by atoms with Gasteiger partial charge in [-0.1, -0.05) is 33.6 Å². The number of alkyl halides is 1. The van der Waals surface area contributed by atoms with Gasteiger partial charge in [-0.3, -0.25) is 0 Å². The van der Waals surface area contributed by atoms with Crippen LogP contribution in [0.25, 0.3) is 0 Å². The zero-order chi connectivity index (χ0) is 18.8. The first-order valence-electron chi connectivity index (χ1n) is 7.70. The van der Waals surface area contributed by atoms with Crippen LogP contribution < -0.4 is 0 Å². The number of hydrogen-bond donors (Lipinski definition) is 1. The molecule has 0 spiro atoms. The quantitative estimate of drug-likeness (QED) is 0.670. The number of rotatable bonds is 5. The first-order chi connectivity index (χ1) is 12.5. The number of carbonyl (C=O) groups is 1. The van der Waals surface area contributed by atoms with E-state index in [1.807, 2.05) is 17.2 Å². The van der Waals surface area contributed by atoms with Crippen LogP contribution in [0.2, 0.25) is 5.02 Å². The smallest absolute Gasteiger partial charge is 0.335 e. The van der Waals surface area contributed by atoms with E-state index in [9.17, 15) is 14.3 Å². The van der Waals surface area contributed by atoms with Gasteiger partial charge in [-0.25, -0.2) is 19.2 Å². The molecule has 3 rings (SSSR count). The lowest BCUT2D eigenvalue weighted by atomic mass is 9.93. The summed E-state index contributed by atoms with van der Waals surface area (Å²) in [4.78, 5) is 22.7. The van der Waals surface area contributed by atoms with Crippen molar-refractivity contribution < 1.29 is 14.3 Å². The number of halogens is 3. The summed E-state index contributed by atoms with van der Waals surface area (Å²) >= 11 is 11.0. The Bertz CT molecular complexity index is 901. The molecular formula is C17H14BrClFN3O2S. The Morgan fingerprint density at radius 1 is 1.50 bits per heavy atom. The summed E-state index contributed by atoms with van der Waals surface area (Å²) in [7, 11) is 0. The maximum atomic E-state index is 13.5. The van der Waals surface area contributed by atoms with E-state index in [4.69, 9.17) is 11.6 Å². The highest BCUT2D eigenvalue weighted by molar-refractivity contribution is 9.09. The Balaban J connectivity index is 2.26. The largest absolute Gasteiger partial charge is 0.478 e. The van der Waals surface area contributed by atoms with Crippen molar-refractivity contribution in [3.63, 3.8) is 0 Å². The molecular weight excluding hydrogens is 445 g/mol. The monoisotopic (exact) mass is 457 g/mol. The van der Waals surface area contributed by atoms with Gasteiger partial charge in [-0.2, -0.15) is 0 Å². The predicted molar refractivity (Wildman–Crippen MR) is 104 cm³/mol. The molecule has 0 aliphatic carbocycles.